The molecule has 5 heteroatoms. The molecule has 1 N–H and O–H groups in total. The SMILES string of the molecule is COc1c(Br)cc(CNc2cc(C#N)ccc2C)cc1Br. The standard InChI is InChI=1S/C16H14Br2N2O/c1-10-3-4-11(8-19)7-15(10)20-9-12-5-13(17)16(21-2)14(18)6-12/h3-7,20H,9H2,1-2H3. The summed E-state index contributed by atoms with van der Waals surface area (Å²) in [5.41, 5.74) is 3.84. The minimum absolute atomic E-state index is 0.653. The Morgan fingerprint density at radius 1 is 1.19 bits per heavy atom. The van der Waals surface area contributed by atoms with Crippen molar-refractivity contribution in [1.29, 1.82) is 5.26 Å². The highest BCUT2D eigenvalue weighted by atomic mass is 79.9. The summed E-state index contributed by atoms with van der Waals surface area (Å²) in [7, 11) is 1.64. The Morgan fingerprint density at radius 3 is 2.43 bits per heavy atom. The number of hydrogen-bond acceptors (Lipinski definition) is 3. The van der Waals surface area contributed by atoms with Crippen LogP contribution in [0.2, 0.25) is 0 Å². The molecule has 21 heavy (non-hydrogen) atoms. The summed E-state index contributed by atoms with van der Waals surface area (Å²) in [6, 6.07) is 11.8. The lowest BCUT2D eigenvalue weighted by molar-refractivity contribution is 0.409. The van der Waals surface area contributed by atoms with E-state index in [1.165, 1.54) is 0 Å². The van der Waals surface area contributed by atoms with Crippen LogP contribution in [0.3, 0.4) is 0 Å². The summed E-state index contributed by atoms with van der Waals surface area (Å²) < 4.78 is 7.10. The number of rotatable bonds is 4. The number of nitriles is 1. The van der Waals surface area contributed by atoms with Crippen LogP contribution in [0.1, 0.15) is 16.7 Å². The lowest BCUT2D eigenvalue weighted by Crippen LogP contribution is -2.02. The van der Waals surface area contributed by atoms with Crippen molar-refractivity contribution >= 4 is 37.5 Å². The number of nitrogens with one attached hydrogen (secondary N) is 1. The lowest BCUT2D eigenvalue weighted by Gasteiger charge is -2.12. The maximum absolute atomic E-state index is 8.96. The lowest BCUT2D eigenvalue weighted by atomic mass is 10.1. The van der Waals surface area contributed by atoms with Crippen LogP contribution in [0.15, 0.2) is 39.3 Å². The molecule has 0 aliphatic rings. The highest BCUT2D eigenvalue weighted by Crippen LogP contribution is 2.34. The molecule has 0 aromatic heterocycles. The highest BCUT2D eigenvalue weighted by molar-refractivity contribution is 9.11. The first-order valence-electron chi connectivity index (χ1n) is 6.31. The predicted molar refractivity (Wildman–Crippen MR) is 91.6 cm³/mol. The second-order valence-electron chi connectivity index (χ2n) is 4.59. The molecule has 0 atom stereocenters. The summed E-state index contributed by atoms with van der Waals surface area (Å²) in [6.45, 7) is 2.68. The smallest absolute Gasteiger partial charge is 0.147 e. The third-order valence-electron chi connectivity index (χ3n) is 3.11. The van der Waals surface area contributed by atoms with Gasteiger partial charge in [-0.2, -0.15) is 5.26 Å². The van der Waals surface area contributed by atoms with E-state index in [0.29, 0.717) is 12.1 Å². The van der Waals surface area contributed by atoms with E-state index in [9.17, 15) is 0 Å². The monoisotopic (exact) mass is 408 g/mol. The summed E-state index contributed by atoms with van der Waals surface area (Å²) in [5, 5.41) is 12.3. The van der Waals surface area contributed by atoms with E-state index in [1.54, 1.807) is 7.11 Å². The zero-order chi connectivity index (χ0) is 15.4. The molecule has 0 saturated carbocycles. The molecule has 2 aromatic rings. The third kappa shape index (κ3) is 3.78. The van der Waals surface area contributed by atoms with Crippen molar-refractivity contribution in [3.8, 4) is 11.8 Å². The van der Waals surface area contributed by atoms with Gasteiger partial charge in [0.05, 0.1) is 27.7 Å². The van der Waals surface area contributed by atoms with Crippen molar-refractivity contribution < 1.29 is 4.74 Å². The Kier molecular flexibility index (Phi) is 5.27. The van der Waals surface area contributed by atoms with E-state index >= 15 is 0 Å². The van der Waals surface area contributed by atoms with Crippen LogP contribution >= 0.6 is 31.9 Å². The van der Waals surface area contributed by atoms with Crippen molar-refractivity contribution in [2.45, 2.75) is 13.5 Å². The fourth-order valence-corrected chi connectivity index (χ4v) is 3.59. The molecule has 0 bridgehead atoms. The number of methoxy groups -OCH3 is 1. The van der Waals surface area contributed by atoms with E-state index in [-0.39, 0.29) is 0 Å². The molecular formula is C16H14Br2N2O. The zero-order valence-corrected chi connectivity index (χ0v) is 14.9. The van der Waals surface area contributed by atoms with Crippen LogP contribution in [0.25, 0.3) is 0 Å². The van der Waals surface area contributed by atoms with Gasteiger partial charge in [0.1, 0.15) is 5.75 Å². The van der Waals surface area contributed by atoms with Crippen molar-refractivity contribution in [3.63, 3.8) is 0 Å². The molecule has 2 aromatic carbocycles. The second kappa shape index (κ2) is 6.97. The molecule has 0 spiro atoms. The normalized spacial score (nSPS) is 10.0. The average Bonchev–Trinajstić information content (AvgIpc) is 2.46. The van der Waals surface area contributed by atoms with Gasteiger partial charge in [0.25, 0.3) is 0 Å². The van der Waals surface area contributed by atoms with Crippen molar-refractivity contribution in [3.05, 3.63) is 56.0 Å². The topological polar surface area (TPSA) is 45.0 Å². The van der Waals surface area contributed by atoms with Crippen LogP contribution in [0.5, 0.6) is 5.75 Å². The van der Waals surface area contributed by atoms with Gasteiger partial charge in [-0.05, 0) is 74.2 Å². The van der Waals surface area contributed by atoms with Gasteiger partial charge < -0.3 is 10.1 Å². The summed E-state index contributed by atoms with van der Waals surface area (Å²) in [4.78, 5) is 0. The maximum atomic E-state index is 8.96. The Balaban J connectivity index is 2.19. The minimum atomic E-state index is 0.653. The van der Waals surface area contributed by atoms with E-state index in [0.717, 1.165) is 31.5 Å². The Morgan fingerprint density at radius 2 is 1.86 bits per heavy atom. The fraction of sp³-hybridized carbons (Fsp3) is 0.188. The molecule has 0 aliphatic carbocycles. The van der Waals surface area contributed by atoms with Gasteiger partial charge in [-0.1, -0.05) is 6.07 Å². The first kappa shape index (κ1) is 15.9. The van der Waals surface area contributed by atoms with Gasteiger partial charge in [0.2, 0.25) is 0 Å². The quantitative estimate of drug-likeness (QED) is 0.771. The zero-order valence-electron chi connectivity index (χ0n) is 11.7. The highest BCUT2D eigenvalue weighted by Gasteiger charge is 2.08. The molecule has 3 nitrogen and oxygen atoms in total. The van der Waals surface area contributed by atoms with Crippen LogP contribution in [0.4, 0.5) is 5.69 Å². The van der Waals surface area contributed by atoms with Gasteiger partial charge in [-0.15, -0.1) is 0 Å². The van der Waals surface area contributed by atoms with Gasteiger partial charge in [0.15, 0.2) is 0 Å². The Bertz CT molecular complexity index is 685. The molecule has 0 radical (unpaired) electrons. The molecular weight excluding hydrogens is 396 g/mol. The molecule has 0 amide bonds. The Hall–Kier alpha value is -1.51. The molecule has 2 rings (SSSR count). The summed E-state index contributed by atoms with van der Waals surface area (Å²) >= 11 is 6.99. The number of hydrogen-bond donors (Lipinski definition) is 1. The largest absolute Gasteiger partial charge is 0.494 e. The fourth-order valence-electron chi connectivity index (χ4n) is 1.99. The maximum Gasteiger partial charge on any atom is 0.147 e. The molecule has 0 saturated heterocycles. The van der Waals surface area contributed by atoms with Gasteiger partial charge in [-0.3, -0.25) is 0 Å². The molecule has 108 valence electrons. The van der Waals surface area contributed by atoms with E-state index in [2.05, 4.69) is 43.2 Å². The van der Waals surface area contributed by atoms with Crippen LogP contribution in [-0.4, -0.2) is 7.11 Å². The third-order valence-corrected chi connectivity index (χ3v) is 4.29. The minimum Gasteiger partial charge on any atom is -0.494 e. The number of ether oxygens (including phenoxy) is 1. The first-order valence-corrected chi connectivity index (χ1v) is 7.90. The first-order chi connectivity index (χ1) is 10.0. The summed E-state index contributed by atoms with van der Waals surface area (Å²) in [6.07, 6.45) is 0. The second-order valence-corrected chi connectivity index (χ2v) is 6.30. The van der Waals surface area contributed by atoms with Gasteiger partial charge >= 0.3 is 0 Å². The summed E-state index contributed by atoms with van der Waals surface area (Å²) in [5.74, 6) is 0.779. The van der Waals surface area contributed by atoms with Crippen LogP contribution in [-0.2, 0) is 6.54 Å². The van der Waals surface area contributed by atoms with Gasteiger partial charge in [-0.25, -0.2) is 0 Å². The molecule has 0 aliphatic heterocycles. The number of halogens is 2. The van der Waals surface area contributed by atoms with E-state index < -0.39 is 0 Å². The number of aryl methyl sites for hydroxylation is 1. The Labute approximate surface area is 141 Å². The van der Waals surface area contributed by atoms with Crippen LogP contribution < -0.4 is 10.1 Å². The van der Waals surface area contributed by atoms with E-state index in [4.69, 9.17) is 10.00 Å². The number of nitrogens with zero attached hydrogens (tertiary/aromatic N) is 1. The molecule has 0 heterocycles. The molecule has 0 unspecified atom stereocenters. The van der Waals surface area contributed by atoms with E-state index in [1.807, 2.05) is 37.3 Å². The van der Waals surface area contributed by atoms with Crippen molar-refractivity contribution in [1.82, 2.24) is 0 Å². The van der Waals surface area contributed by atoms with Gasteiger partial charge in [0, 0.05) is 12.2 Å². The number of anilines is 1. The van der Waals surface area contributed by atoms with Crippen molar-refractivity contribution in [2.75, 3.05) is 12.4 Å². The average molecular weight is 410 g/mol. The predicted octanol–water partition coefficient (Wildman–Crippen LogP) is 5.01. The molecule has 0 fully saturated rings. The van der Waals surface area contributed by atoms with Crippen molar-refractivity contribution in [2.24, 2.45) is 0 Å². The number of benzene rings is 2. The van der Waals surface area contributed by atoms with Crippen LogP contribution in [0, 0.1) is 18.3 Å².